The summed E-state index contributed by atoms with van der Waals surface area (Å²) in [6.07, 6.45) is 5.58. The van der Waals surface area contributed by atoms with E-state index in [1.54, 1.807) is 7.11 Å². The summed E-state index contributed by atoms with van der Waals surface area (Å²) in [7, 11) is 1.74. The van der Waals surface area contributed by atoms with Crippen LogP contribution >= 0.6 is 0 Å². The van der Waals surface area contributed by atoms with Gasteiger partial charge in [-0.3, -0.25) is 0 Å². The van der Waals surface area contributed by atoms with Gasteiger partial charge in [0.25, 0.3) is 0 Å². The lowest BCUT2D eigenvalue weighted by Crippen LogP contribution is -2.45. The molecule has 0 spiro atoms. The number of nitrogens with zero attached hydrogens (tertiary/aromatic N) is 3. The van der Waals surface area contributed by atoms with Gasteiger partial charge in [-0.05, 0) is 26.2 Å². The molecule has 1 saturated carbocycles. The number of aryl methyl sites for hydroxylation is 1. The van der Waals surface area contributed by atoms with Gasteiger partial charge in [0.15, 0.2) is 0 Å². The van der Waals surface area contributed by atoms with Crippen molar-refractivity contribution in [3.05, 3.63) is 11.9 Å². The van der Waals surface area contributed by atoms with Gasteiger partial charge in [0.1, 0.15) is 0 Å². The normalized spacial score (nSPS) is 19.8. The standard InChI is InChI=1S/C9H15N3O/c1-8-6-12(11-10-8)9(7-13-2)4-3-5-9/h6H,3-5,7H2,1-2H3. The summed E-state index contributed by atoms with van der Waals surface area (Å²) < 4.78 is 7.19. The summed E-state index contributed by atoms with van der Waals surface area (Å²) in [6, 6.07) is 0. The maximum atomic E-state index is 5.22. The maximum Gasteiger partial charge on any atom is 0.0877 e. The number of methoxy groups -OCH3 is 1. The van der Waals surface area contributed by atoms with E-state index in [2.05, 4.69) is 10.3 Å². The second kappa shape index (κ2) is 3.10. The molecule has 0 aromatic carbocycles. The molecule has 1 aromatic rings. The van der Waals surface area contributed by atoms with Crippen LogP contribution in [0, 0.1) is 6.92 Å². The van der Waals surface area contributed by atoms with Crippen molar-refractivity contribution in [2.45, 2.75) is 31.7 Å². The van der Waals surface area contributed by atoms with Crippen LogP contribution in [0.15, 0.2) is 6.20 Å². The molecule has 0 radical (unpaired) electrons. The molecule has 0 aliphatic heterocycles. The van der Waals surface area contributed by atoms with Crippen molar-refractivity contribution >= 4 is 0 Å². The van der Waals surface area contributed by atoms with E-state index < -0.39 is 0 Å². The zero-order chi connectivity index (χ0) is 9.31. The molecular weight excluding hydrogens is 166 g/mol. The van der Waals surface area contributed by atoms with Crippen LogP contribution in [-0.4, -0.2) is 28.7 Å². The average Bonchev–Trinajstić information content (AvgIpc) is 2.44. The first-order chi connectivity index (χ1) is 6.27. The predicted octanol–water partition coefficient (Wildman–Crippen LogP) is 1.11. The smallest absolute Gasteiger partial charge is 0.0877 e. The molecule has 0 bridgehead atoms. The van der Waals surface area contributed by atoms with Crippen molar-refractivity contribution in [3.63, 3.8) is 0 Å². The zero-order valence-electron chi connectivity index (χ0n) is 8.16. The Hall–Kier alpha value is -0.900. The fourth-order valence-electron chi connectivity index (χ4n) is 1.87. The molecule has 4 nitrogen and oxygen atoms in total. The Morgan fingerprint density at radius 2 is 2.38 bits per heavy atom. The third kappa shape index (κ3) is 1.35. The molecule has 72 valence electrons. The van der Waals surface area contributed by atoms with E-state index in [9.17, 15) is 0 Å². The second-order valence-corrected chi connectivity index (χ2v) is 3.82. The summed E-state index contributed by atoms with van der Waals surface area (Å²) in [4.78, 5) is 0. The first-order valence-corrected chi connectivity index (χ1v) is 4.65. The molecule has 0 atom stereocenters. The van der Waals surface area contributed by atoms with Gasteiger partial charge in [0.05, 0.1) is 17.8 Å². The highest BCUT2D eigenvalue weighted by molar-refractivity contribution is 4.98. The number of rotatable bonds is 3. The van der Waals surface area contributed by atoms with Gasteiger partial charge >= 0.3 is 0 Å². The summed E-state index contributed by atoms with van der Waals surface area (Å²) in [6.45, 7) is 2.71. The monoisotopic (exact) mass is 181 g/mol. The van der Waals surface area contributed by atoms with Crippen molar-refractivity contribution in [2.24, 2.45) is 0 Å². The Kier molecular flexibility index (Phi) is 2.07. The lowest BCUT2D eigenvalue weighted by molar-refractivity contribution is 0.0167. The first kappa shape index (κ1) is 8.69. The van der Waals surface area contributed by atoms with E-state index in [0.29, 0.717) is 0 Å². The molecule has 13 heavy (non-hydrogen) atoms. The molecule has 0 saturated heterocycles. The van der Waals surface area contributed by atoms with Crippen LogP contribution in [0.5, 0.6) is 0 Å². The van der Waals surface area contributed by atoms with Gasteiger partial charge in [0, 0.05) is 13.3 Å². The van der Waals surface area contributed by atoms with Crippen molar-refractivity contribution < 1.29 is 4.74 Å². The third-order valence-corrected chi connectivity index (χ3v) is 2.79. The van der Waals surface area contributed by atoms with E-state index in [-0.39, 0.29) is 5.54 Å². The van der Waals surface area contributed by atoms with Crippen LogP contribution in [0.1, 0.15) is 25.0 Å². The molecule has 4 heteroatoms. The highest BCUT2D eigenvalue weighted by Gasteiger charge is 2.39. The van der Waals surface area contributed by atoms with E-state index in [0.717, 1.165) is 25.1 Å². The summed E-state index contributed by atoms with van der Waals surface area (Å²) in [5.74, 6) is 0. The summed E-state index contributed by atoms with van der Waals surface area (Å²) >= 11 is 0. The SMILES string of the molecule is COCC1(n2cc(C)nn2)CCC1. The van der Waals surface area contributed by atoms with Gasteiger partial charge in [-0.2, -0.15) is 0 Å². The van der Waals surface area contributed by atoms with Gasteiger partial charge in [-0.1, -0.05) is 5.21 Å². The predicted molar refractivity (Wildman–Crippen MR) is 48.5 cm³/mol. The van der Waals surface area contributed by atoms with Gasteiger partial charge in [-0.15, -0.1) is 5.10 Å². The van der Waals surface area contributed by atoms with Crippen molar-refractivity contribution in [1.29, 1.82) is 0 Å². The highest BCUT2D eigenvalue weighted by Crippen LogP contribution is 2.38. The second-order valence-electron chi connectivity index (χ2n) is 3.82. The average molecular weight is 181 g/mol. The van der Waals surface area contributed by atoms with Crippen molar-refractivity contribution in [2.75, 3.05) is 13.7 Å². The van der Waals surface area contributed by atoms with E-state index in [1.165, 1.54) is 6.42 Å². The fourth-order valence-corrected chi connectivity index (χ4v) is 1.87. The molecule has 1 heterocycles. The molecular formula is C9H15N3O. The molecule has 0 N–H and O–H groups in total. The summed E-state index contributed by atoms with van der Waals surface area (Å²) in [5.41, 5.74) is 1.08. The topological polar surface area (TPSA) is 39.9 Å². The Morgan fingerprint density at radius 1 is 1.62 bits per heavy atom. The van der Waals surface area contributed by atoms with Crippen LogP contribution in [0.2, 0.25) is 0 Å². The van der Waals surface area contributed by atoms with E-state index in [4.69, 9.17) is 4.74 Å². The van der Waals surface area contributed by atoms with Crippen molar-refractivity contribution in [3.8, 4) is 0 Å². The fraction of sp³-hybridized carbons (Fsp3) is 0.778. The molecule has 1 aromatic heterocycles. The number of ether oxygens (including phenoxy) is 1. The Labute approximate surface area is 77.9 Å². The Balaban J connectivity index is 2.21. The first-order valence-electron chi connectivity index (χ1n) is 4.65. The van der Waals surface area contributed by atoms with Crippen LogP contribution in [0.3, 0.4) is 0 Å². The lowest BCUT2D eigenvalue weighted by atomic mass is 9.77. The largest absolute Gasteiger partial charge is 0.382 e. The zero-order valence-corrected chi connectivity index (χ0v) is 8.16. The molecule has 2 rings (SSSR count). The summed E-state index contributed by atoms with van der Waals surface area (Å²) in [5, 5.41) is 8.12. The Morgan fingerprint density at radius 3 is 2.77 bits per heavy atom. The van der Waals surface area contributed by atoms with E-state index in [1.807, 2.05) is 17.8 Å². The molecule has 0 unspecified atom stereocenters. The molecule has 1 fully saturated rings. The number of aromatic nitrogens is 3. The van der Waals surface area contributed by atoms with Crippen molar-refractivity contribution in [1.82, 2.24) is 15.0 Å². The molecule has 1 aliphatic rings. The van der Waals surface area contributed by atoms with Gasteiger partial charge < -0.3 is 4.74 Å². The molecule has 1 aliphatic carbocycles. The van der Waals surface area contributed by atoms with Crippen LogP contribution in [-0.2, 0) is 10.3 Å². The Bertz CT molecular complexity index is 291. The highest BCUT2D eigenvalue weighted by atomic mass is 16.5. The third-order valence-electron chi connectivity index (χ3n) is 2.79. The molecule has 0 amide bonds. The van der Waals surface area contributed by atoms with Crippen LogP contribution < -0.4 is 0 Å². The van der Waals surface area contributed by atoms with Gasteiger partial charge in [-0.25, -0.2) is 4.68 Å². The van der Waals surface area contributed by atoms with Crippen LogP contribution in [0.25, 0.3) is 0 Å². The maximum absolute atomic E-state index is 5.22. The van der Waals surface area contributed by atoms with Gasteiger partial charge in [0.2, 0.25) is 0 Å². The minimum Gasteiger partial charge on any atom is -0.382 e. The number of hydrogen-bond acceptors (Lipinski definition) is 3. The minimum absolute atomic E-state index is 0.107. The minimum atomic E-state index is 0.107. The van der Waals surface area contributed by atoms with E-state index >= 15 is 0 Å². The van der Waals surface area contributed by atoms with Crippen LogP contribution in [0.4, 0.5) is 0 Å². The number of hydrogen-bond donors (Lipinski definition) is 0. The lowest BCUT2D eigenvalue weighted by Gasteiger charge is -2.40. The quantitative estimate of drug-likeness (QED) is 0.701.